The van der Waals surface area contributed by atoms with Crippen LogP contribution in [0.4, 0.5) is 4.79 Å². The Bertz CT molecular complexity index is 602. The van der Waals surface area contributed by atoms with Crippen molar-refractivity contribution in [1.29, 1.82) is 0 Å². The summed E-state index contributed by atoms with van der Waals surface area (Å²) in [6.45, 7) is 9.49. The van der Waals surface area contributed by atoms with Crippen LogP contribution in [0.1, 0.15) is 53.9 Å². The number of carbonyl (C=O) groups is 1. The summed E-state index contributed by atoms with van der Waals surface area (Å²) in [4.78, 5) is 14.8. The van der Waals surface area contributed by atoms with Crippen molar-refractivity contribution in [3.8, 4) is 0 Å². The molecular formula is C20H35NO7. The fourth-order valence-electron chi connectivity index (χ4n) is 4.64. The van der Waals surface area contributed by atoms with Gasteiger partial charge in [0, 0.05) is 26.7 Å². The number of carbonyl (C=O) groups excluding carboxylic acids is 1. The molecule has 1 aliphatic carbocycles. The predicted molar refractivity (Wildman–Crippen MR) is 101 cm³/mol. The van der Waals surface area contributed by atoms with Crippen molar-refractivity contribution in [2.75, 3.05) is 27.4 Å². The number of aliphatic hydroxyl groups is 1. The minimum Gasteiger partial charge on any atom is -0.444 e. The lowest BCUT2D eigenvalue weighted by atomic mass is 9.79. The van der Waals surface area contributed by atoms with E-state index in [0.717, 1.165) is 12.8 Å². The minimum atomic E-state index is -1.14. The van der Waals surface area contributed by atoms with E-state index in [0.29, 0.717) is 13.0 Å². The van der Waals surface area contributed by atoms with Crippen LogP contribution in [0, 0.1) is 5.92 Å². The highest BCUT2D eigenvalue weighted by Crippen LogP contribution is 2.57. The summed E-state index contributed by atoms with van der Waals surface area (Å²) >= 11 is 0. The molecule has 1 spiro atoms. The van der Waals surface area contributed by atoms with E-state index in [1.807, 2.05) is 20.8 Å². The van der Waals surface area contributed by atoms with E-state index < -0.39 is 23.3 Å². The van der Waals surface area contributed by atoms with E-state index in [4.69, 9.17) is 23.7 Å². The maximum atomic E-state index is 13.0. The molecule has 162 valence electrons. The summed E-state index contributed by atoms with van der Waals surface area (Å²) in [5, 5.41) is 9.73. The lowest BCUT2D eigenvalue weighted by molar-refractivity contribution is -0.458. The van der Waals surface area contributed by atoms with Crippen LogP contribution in [0.25, 0.3) is 0 Å². The number of likely N-dealkylation sites (tertiary alicyclic amines) is 1. The molecule has 3 aliphatic rings. The van der Waals surface area contributed by atoms with Gasteiger partial charge in [0.15, 0.2) is 0 Å². The smallest absolute Gasteiger partial charge is 0.410 e. The minimum absolute atomic E-state index is 0.00635. The number of fused-ring (bicyclic) bond motifs is 1. The highest BCUT2D eigenvalue weighted by Gasteiger charge is 2.68. The van der Waals surface area contributed by atoms with Crippen LogP contribution in [0.2, 0.25) is 0 Å². The second kappa shape index (κ2) is 7.09. The van der Waals surface area contributed by atoms with Crippen LogP contribution in [-0.2, 0) is 23.7 Å². The molecule has 1 saturated carbocycles. The normalized spacial score (nSPS) is 39.6. The molecule has 8 heteroatoms. The number of hydrogen-bond donors (Lipinski definition) is 1. The molecule has 0 bridgehead atoms. The molecule has 2 saturated heterocycles. The molecule has 3 fully saturated rings. The number of aliphatic hydroxyl groups excluding tert-OH is 1. The Kier molecular flexibility index (Phi) is 5.51. The number of amides is 1. The topological polar surface area (TPSA) is 86.7 Å². The summed E-state index contributed by atoms with van der Waals surface area (Å²) in [5.41, 5.74) is -0.957. The van der Waals surface area contributed by atoms with Gasteiger partial charge in [0.05, 0.1) is 18.2 Å². The van der Waals surface area contributed by atoms with Crippen LogP contribution in [0.3, 0.4) is 0 Å². The summed E-state index contributed by atoms with van der Waals surface area (Å²) in [5.74, 6) is -2.33. The van der Waals surface area contributed by atoms with Gasteiger partial charge in [0.25, 0.3) is 0 Å². The van der Waals surface area contributed by atoms with Crippen LogP contribution < -0.4 is 0 Å². The first kappa shape index (κ1) is 21.8. The Morgan fingerprint density at radius 3 is 2.18 bits per heavy atom. The molecule has 8 nitrogen and oxygen atoms in total. The van der Waals surface area contributed by atoms with E-state index in [1.165, 1.54) is 0 Å². The number of nitrogens with zero attached hydrogens (tertiary/aromatic N) is 1. The maximum Gasteiger partial charge on any atom is 0.410 e. The molecule has 0 radical (unpaired) electrons. The quantitative estimate of drug-likeness (QED) is 0.773. The molecule has 0 aromatic carbocycles. The zero-order chi connectivity index (χ0) is 21.0. The molecule has 1 N–H and O–H groups in total. The summed E-state index contributed by atoms with van der Waals surface area (Å²) in [6.07, 6.45) is 1.13. The first-order valence-electron chi connectivity index (χ1n) is 10.0. The van der Waals surface area contributed by atoms with Gasteiger partial charge in [-0.3, -0.25) is 4.90 Å². The van der Waals surface area contributed by atoms with Crippen LogP contribution in [0.15, 0.2) is 0 Å². The highest BCUT2D eigenvalue weighted by atomic mass is 16.8. The molecule has 5 atom stereocenters. The van der Waals surface area contributed by atoms with Crippen molar-refractivity contribution in [2.24, 2.45) is 5.92 Å². The third kappa shape index (κ3) is 3.43. The lowest BCUT2D eigenvalue weighted by Gasteiger charge is -2.58. The van der Waals surface area contributed by atoms with Gasteiger partial charge in [-0.25, -0.2) is 4.79 Å². The van der Waals surface area contributed by atoms with Gasteiger partial charge in [0.1, 0.15) is 11.7 Å². The predicted octanol–water partition coefficient (Wildman–Crippen LogP) is 2.28. The summed E-state index contributed by atoms with van der Waals surface area (Å²) in [7, 11) is 3.10. The van der Waals surface area contributed by atoms with Crippen molar-refractivity contribution >= 4 is 6.09 Å². The van der Waals surface area contributed by atoms with Gasteiger partial charge in [-0.2, -0.15) is 0 Å². The molecule has 0 aromatic heterocycles. The van der Waals surface area contributed by atoms with Crippen molar-refractivity contribution in [2.45, 2.75) is 88.8 Å². The standard InChI is InChI=1S/C20H35NO7/c1-17(2,3)28-16(23)21-12-14-15(13(8-11-22)20(21)9-10-20)27-19(5,25-7)18(4,24-6)26-14/h13-15,22H,8-12H2,1-7H3/t13-,14-,15-,18+,19+/m1/s1. The van der Waals surface area contributed by atoms with Crippen molar-refractivity contribution < 1.29 is 33.6 Å². The average Bonchev–Trinajstić information content (AvgIpc) is 3.39. The second-order valence-corrected chi connectivity index (χ2v) is 9.35. The molecule has 0 unspecified atom stereocenters. The van der Waals surface area contributed by atoms with Gasteiger partial charge in [0.2, 0.25) is 11.6 Å². The Labute approximate surface area is 167 Å². The van der Waals surface area contributed by atoms with Crippen molar-refractivity contribution in [1.82, 2.24) is 4.90 Å². The fraction of sp³-hybridized carbons (Fsp3) is 0.950. The number of rotatable bonds is 4. The first-order valence-corrected chi connectivity index (χ1v) is 10.0. The molecule has 2 heterocycles. The van der Waals surface area contributed by atoms with Crippen LogP contribution in [-0.4, -0.2) is 78.4 Å². The van der Waals surface area contributed by atoms with Gasteiger partial charge >= 0.3 is 6.09 Å². The Hall–Kier alpha value is -0.930. The van der Waals surface area contributed by atoms with E-state index >= 15 is 0 Å². The fourth-order valence-corrected chi connectivity index (χ4v) is 4.64. The number of piperidine rings is 1. The zero-order valence-electron chi connectivity index (χ0n) is 18.1. The van der Waals surface area contributed by atoms with Gasteiger partial charge in [-0.15, -0.1) is 0 Å². The van der Waals surface area contributed by atoms with Crippen molar-refractivity contribution in [3.63, 3.8) is 0 Å². The molecule has 2 aliphatic heterocycles. The third-order valence-electron chi connectivity index (χ3n) is 6.51. The van der Waals surface area contributed by atoms with E-state index in [-0.39, 0.29) is 30.3 Å². The number of hydrogen-bond acceptors (Lipinski definition) is 7. The largest absolute Gasteiger partial charge is 0.444 e. The van der Waals surface area contributed by atoms with Gasteiger partial charge in [-0.05, 0) is 53.9 Å². The average molecular weight is 402 g/mol. The molecule has 28 heavy (non-hydrogen) atoms. The van der Waals surface area contributed by atoms with Gasteiger partial charge < -0.3 is 28.8 Å². The molecule has 0 aromatic rings. The molecule has 1 amide bonds. The molecule has 3 rings (SSSR count). The summed E-state index contributed by atoms with van der Waals surface area (Å²) < 4.78 is 29.7. The first-order chi connectivity index (χ1) is 13.0. The van der Waals surface area contributed by atoms with Crippen LogP contribution in [0.5, 0.6) is 0 Å². The Balaban J connectivity index is 1.94. The summed E-state index contributed by atoms with van der Waals surface area (Å²) in [6, 6.07) is 0. The SMILES string of the molecule is CO[C@@]1(C)O[C@@H]2[C@@H](CCO)C3(CC3)N(C(=O)OC(C)(C)C)C[C@H]2O[C@]1(C)OC. The highest BCUT2D eigenvalue weighted by molar-refractivity contribution is 5.70. The zero-order valence-corrected chi connectivity index (χ0v) is 18.1. The Morgan fingerprint density at radius 2 is 1.71 bits per heavy atom. The molecular weight excluding hydrogens is 366 g/mol. The van der Waals surface area contributed by atoms with E-state index in [1.54, 1.807) is 33.0 Å². The van der Waals surface area contributed by atoms with Crippen LogP contribution >= 0.6 is 0 Å². The van der Waals surface area contributed by atoms with Crippen molar-refractivity contribution in [3.05, 3.63) is 0 Å². The second-order valence-electron chi connectivity index (χ2n) is 9.35. The lowest BCUT2D eigenvalue weighted by Crippen LogP contribution is -2.73. The number of methoxy groups -OCH3 is 2. The monoisotopic (exact) mass is 401 g/mol. The third-order valence-corrected chi connectivity index (χ3v) is 6.51. The van der Waals surface area contributed by atoms with Gasteiger partial charge in [-0.1, -0.05) is 0 Å². The number of ether oxygens (including phenoxy) is 5. The van der Waals surface area contributed by atoms with E-state index in [9.17, 15) is 9.90 Å². The van der Waals surface area contributed by atoms with E-state index in [2.05, 4.69) is 0 Å². The maximum absolute atomic E-state index is 13.0. The Morgan fingerprint density at radius 1 is 1.14 bits per heavy atom.